The number of nitrogens with zero attached hydrogens (tertiary/aromatic N) is 3. The maximum atomic E-state index is 13.6. The number of carboxylic acids is 1. The summed E-state index contributed by atoms with van der Waals surface area (Å²) in [4.78, 5) is 45.8. The minimum atomic E-state index is -2.92. The summed E-state index contributed by atoms with van der Waals surface area (Å²) < 4.78 is 23.2. The van der Waals surface area contributed by atoms with E-state index in [9.17, 15) is 27.9 Å². The number of carbonyl (C=O) groups excluding carboxylic acids is 2. The molecular formula is C33H40N4O6S. The first-order valence-electron chi connectivity index (χ1n) is 15.0. The lowest BCUT2D eigenvalue weighted by Gasteiger charge is -2.50. The zero-order valence-corrected chi connectivity index (χ0v) is 26.3. The Morgan fingerprint density at radius 1 is 0.977 bits per heavy atom. The van der Waals surface area contributed by atoms with Crippen LogP contribution in [0.15, 0.2) is 60.5 Å². The Kier molecular flexibility index (Phi) is 8.82. The molecule has 2 aromatic rings. The van der Waals surface area contributed by atoms with Crippen LogP contribution in [0.3, 0.4) is 0 Å². The second kappa shape index (κ2) is 12.3. The number of allylic oxidation sites excluding steroid dienone is 2. The Morgan fingerprint density at radius 3 is 2.34 bits per heavy atom. The van der Waals surface area contributed by atoms with Gasteiger partial charge >= 0.3 is 5.97 Å². The fourth-order valence-corrected chi connectivity index (χ4v) is 8.08. The number of aromatic carboxylic acids is 1. The topological polar surface area (TPSA) is 137 Å². The quantitative estimate of drug-likeness (QED) is 0.338. The van der Waals surface area contributed by atoms with Gasteiger partial charge in [0.2, 0.25) is 0 Å². The van der Waals surface area contributed by atoms with Gasteiger partial charge in [-0.1, -0.05) is 50.6 Å². The van der Waals surface area contributed by atoms with Gasteiger partial charge < -0.3 is 20.2 Å². The van der Waals surface area contributed by atoms with Gasteiger partial charge in [-0.25, -0.2) is 13.2 Å². The van der Waals surface area contributed by atoms with Crippen molar-refractivity contribution in [1.82, 2.24) is 20.1 Å². The van der Waals surface area contributed by atoms with Crippen molar-refractivity contribution < 1.29 is 27.9 Å². The van der Waals surface area contributed by atoms with Crippen LogP contribution >= 0.6 is 0 Å². The van der Waals surface area contributed by atoms with Crippen LogP contribution in [0.25, 0.3) is 5.57 Å². The molecule has 44 heavy (non-hydrogen) atoms. The molecule has 3 aliphatic rings. The molecular weight excluding hydrogens is 580 g/mol. The molecule has 2 aliphatic heterocycles. The van der Waals surface area contributed by atoms with Crippen molar-refractivity contribution in [2.75, 3.05) is 50.8 Å². The summed E-state index contributed by atoms with van der Waals surface area (Å²) in [5.41, 5.74) is 3.74. The third-order valence-corrected chi connectivity index (χ3v) is 10.8. The summed E-state index contributed by atoms with van der Waals surface area (Å²) in [6, 6.07) is 8.57. The molecule has 1 aromatic heterocycles. The van der Waals surface area contributed by atoms with Crippen LogP contribution in [0, 0.1) is 10.8 Å². The second-order valence-corrected chi connectivity index (χ2v) is 15.1. The monoisotopic (exact) mass is 620 g/mol. The molecule has 0 unspecified atom stereocenters. The minimum absolute atomic E-state index is 0.180. The SMILES string of the molecule is CC1(C)C(c2ccc(C(=O)O)cc2)=CC[C@]2(C)CN(C(=O)c3cncc(C(=O)NCCCN4CCS(=O)(=O)CC4)c3)CC=C12. The number of carboxylic acid groups (broad SMARTS) is 1. The first-order valence-corrected chi connectivity index (χ1v) is 16.8. The molecule has 1 fully saturated rings. The fraction of sp³-hybridized carbons (Fsp3) is 0.455. The van der Waals surface area contributed by atoms with Crippen molar-refractivity contribution >= 4 is 33.2 Å². The van der Waals surface area contributed by atoms with Crippen LogP contribution in [-0.4, -0.2) is 96.9 Å². The maximum absolute atomic E-state index is 13.6. The molecule has 234 valence electrons. The predicted molar refractivity (Wildman–Crippen MR) is 168 cm³/mol. The summed E-state index contributed by atoms with van der Waals surface area (Å²) in [7, 11) is -2.92. The van der Waals surface area contributed by atoms with Crippen LogP contribution in [0.5, 0.6) is 0 Å². The lowest BCUT2D eigenvalue weighted by atomic mass is 9.58. The minimum Gasteiger partial charge on any atom is -0.478 e. The summed E-state index contributed by atoms with van der Waals surface area (Å²) in [6.07, 6.45) is 8.72. The van der Waals surface area contributed by atoms with Gasteiger partial charge in [0.25, 0.3) is 11.8 Å². The number of sulfone groups is 1. The van der Waals surface area contributed by atoms with E-state index in [2.05, 4.69) is 48.1 Å². The van der Waals surface area contributed by atoms with Gasteiger partial charge in [-0.2, -0.15) is 0 Å². The van der Waals surface area contributed by atoms with Crippen LogP contribution < -0.4 is 5.32 Å². The van der Waals surface area contributed by atoms with E-state index in [0.717, 1.165) is 17.6 Å². The van der Waals surface area contributed by atoms with Crippen LogP contribution in [0.4, 0.5) is 0 Å². The van der Waals surface area contributed by atoms with E-state index < -0.39 is 15.8 Å². The maximum Gasteiger partial charge on any atom is 0.335 e. The molecule has 1 aliphatic carbocycles. The number of carbonyl (C=O) groups is 3. The number of hydrogen-bond donors (Lipinski definition) is 2. The largest absolute Gasteiger partial charge is 0.478 e. The number of aromatic nitrogens is 1. The Balaban J connectivity index is 1.21. The van der Waals surface area contributed by atoms with Crippen molar-refractivity contribution in [2.24, 2.45) is 10.8 Å². The molecule has 0 saturated carbocycles. The smallest absolute Gasteiger partial charge is 0.335 e. The van der Waals surface area contributed by atoms with Crippen molar-refractivity contribution in [3.8, 4) is 0 Å². The lowest BCUT2D eigenvalue weighted by Crippen LogP contribution is -2.48. The molecule has 3 heterocycles. The molecule has 2 amide bonds. The standard InChI is InChI=1S/C33H40N4O6S/c1-32(2)27(23-5-7-24(8-6-23)31(40)41)9-11-33(3)22-37(14-10-28(32)33)30(39)26-19-25(20-34-21-26)29(38)35-12-4-13-36-15-17-44(42,43)18-16-36/h5-10,19-21H,4,11-18,22H2,1-3H3,(H,35,38)(H,40,41)/t33-/m1/s1. The highest BCUT2D eigenvalue weighted by Crippen LogP contribution is 2.55. The third kappa shape index (κ3) is 6.63. The normalized spacial score (nSPS) is 22.8. The molecule has 0 spiro atoms. The molecule has 1 atom stereocenters. The van der Waals surface area contributed by atoms with Crippen LogP contribution in [0.2, 0.25) is 0 Å². The van der Waals surface area contributed by atoms with Crippen LogP contribution in [0.1, 0.15) is 70.3 Å². The highest BCUT2D eigenvalue weighted by molar-refractivity contribution is 7.91. The number of fused-ring (bicyclic) bond motifs is 1. The summed E-state index contributed by atoms with van der Waals surface area (Å²) in [5.74, 6) is -1.07. The van der Waals surface area contributed by atoms with E-state index in [1.54, 1.807) is 23.1 Å². The Morgan fingerprint density at radius 2 is 1.66 bits per heavy atom. The van der Waals surface area contributed by atoms with Gasteiger partial charge in [0.15, 0.2) is 9.84 Å². The number of benzene rings is 1. The van der Waals surface area contributed by atoms with Crippen molar-refractivity contribution in [3.63, 3.8) is 0 Å². The molecule has 11 heteroatoms. The molecule has 5 rings (SSSR count). The molecule has 1 aromatic carbocycles. The predicted octanol–water partition coefficient (Wildman–Crippen LogP) is 3.53. The molecule has 0 bridgehead atoms. The first-order chi connectivity index (χ1) is 20.8. The Bertz CT molecular complexity index is 1620. The highest BCUT2D eigenvalue weighted by atomic mass is 32.2. The van der Waals surface area contributed by atoms with E-state index in [1.807, 2.05) is 12.1 Å². The molecule has 10 nitrogen and oxygen atoms in total. The van der Waals surface area contributed by atoms with Gasteiger partial charge in [-0.3, -0.25) is 14.6 Å². The number of hydrogen-bond acceptors (Lipinski definition) is 7. The summed E-state index contributed by atoms with van der Waals surface area (Å²) >= 11 is 0. The summed E-state index contributed by atoms with van der Waals surface area (Å²) in [6.45, 7) is 9.67. The molecule has 0 radical (unpaired) electrons. The third-order valence-electron chi connectivity index (χ3n) is 9.16. The number of rotatable bonds is 8. The van der Waals surface area contributed by atoms with Crippen molar-refractivity contribution in [1.29, 1.82) is 0 Å². The number of pyridine rings is 1. The van der Waals surface area contributed by atoms with Gasteiger partial charge in [-0.15, -0.1) is 0 Å². The van der Waals surface area contributed by atoms with Gasteiger partial charge in [-0.05, 0) is 48.7 Å². The van der Waals surface area contributed by atoms with E-state index in [0.29, 0.717) is 56.8 Å². The zero-order valence-electron chi connectivity index (χ0n) is 25.5. The van der Waals surface area contributed by atoms with Gasteiger partial charge in [0.05, 0.1) is 28.2 Å². The van der Waals surface area contributed by atoms with E-state index in [4.69, 9.17) is 0 Å². The highest BCUT2D eigenvalue weighted by Gasteiger charge is 2.46. The molecule has 1 saturated heterocycles. The van der Waals surface area contributed by atoms with Gasteiger partial charge in [0.1, 0.15) is 0 Å². The van der Waals surface area contributed by atoms with Crippen molar-refractivity contribution in [2.45, 2.75) is 33.6 Å². The fourth-order valence-electron chi connectivity index (χ4n) is 6.80. The number of amides is 2. The van der Waals surface area contributed by atoms with E-state index >= 15 is 0 Å². The first kappa shape index (κ1) is 31.6. The summed E-state index contributed by atoms with van der Waals surface area (Å²) in [5, 5.41) is 12.2. The van der Waals surface area contributed by atoms with E-state index in [1.165, 1.54) is 18.0 Å². The Labute approximate surface area is 258 Å². The van der Waals surface area contributed by atoms with Crippen LogP contribution in [-0.2, 0) is 9.84 Å². The zero-order chi connectivity index (χ0) is 31.7. The Hall–Kier alpha value is -3.83. The molecule has 2 N–H and O–H groups in total. The van der Waals surface area contributed by atoms with E-state index in [-0.39, 0.29) is 39.7 Å². The van der Waals surface area contributed by atoms with Gasteiger partial charge in [0, 0.05) is 55.9 Å². The average molecular weight is 621 g/mol. The number of nitrogens with one attached hydrogen (secondary N) is 1. The second-order valence-electron chi connectivity index (χ2n) is 12.8. The van der Waals surface area contributed by atoms with Crippen molar-refractivity contribution in [3.05, 3.63) is 82.7 Å². The lowest BCUT2D eigenvalue weighted by molar-refractivity contribution is 0.0678. The average Bonchev–Trinajstić information content (AvgIpc) is 2.99.